The Morgan fingerprint density at radius 2 is 1.53 bits per heavy atom. The SMILES string of the molecule is CCCCCCCCCC(O)c1ccc(OC)cc1. The summed E-state index contributed by atoms with van der Waals surface area (Å²) in [6, 6.07) is 7.71. The molecule has 1 atom stereocenters. The van der Waals surface area contributed by atoms with Crippen LogP contribution in [0.15, 0.2) is 24.3 Å². The molecule has 0 saturated heterocycles. The highest BCUT2D eigenvalue weighted by Crippen LogP contribution is 2.22. The molecule has 0 heterocycles. The molecule has 0 aliphatic rings. The highest BCUT2D eigenvalue weighted by molar-refractivity contribution is 5.28. The van der Waals surface area contributed by atoms with Crippen LogP contribution in [0.1, 0.15) is 70.0 Å². The Bertz CT molecular complexity index is 319. The van der Waals surface area contributed by atoms with Crippen LogP contribution >= 0.6 is 0 Å². The number of unbranched alkanes of at least 4 members (excludes halogenated alkanes) is 6. The summed E-state index contributed by atoms with van der Waals surface area (Å²) < 4.78 is 5.11. The molecule has 2 heteroatoms. The Kier molecular flexibility index (Phi) is 8.31. The number of benzene rings is 1. The fraction of sp³-hybridized carbons (Fsp3) is 0.647. The summed E-state index contributed by atoms with van der Waals surface area (Å²) in [7, 11) is 1.66. The Morgan fingerprint density at radius 1 is 0.947 bits per heavy atom. The van der Waals surface area contributed by atoms with E-state index in [1.807, 2.05) is 24.3 Å². The van der Waals surface area contributed by atoms with Crippen molar-refractivity contribution in [2.45, 2.75) is 64.4 Å². The molecule has 0 saturated carbocycles. The molecule has 1 aromatic carbocycles. The smallest absolute Gasteiger partial charge is 0.118 e. The topological polar surface area (TPSA) is 29.5 Å². The van der Waals surface area contributed by atoms with E-state index >= 15 is 0 Å². The maximum absolute atomic E-state index is 10.1. The lowest BCUT2D eigenvalue weighted by molar-refractivity contribution is 0.163. The summed E-state index contributed by atoms with van der Waals surface area (Å²) in [5.74, 6) is 0.840. The van der Waals surface area contributed by atoms with Gasteiger partial charge in [0.05, 0.1) is 13.2 Å². The summed E-state index contributed by atoms with van der Waals surface area (Å²) in [5.41, 5.74) is 0.992. The summed E-state index contributed by atoms with van der Waals surface area (Å²) in [4.78, 5) is 0. The molecule has 1 N–H and O–H groups in total. The maximum atomic E-state index is 10.1. The van der Waals surface area contributed by atoms with Crippen molar-refractivity contribution < 1.29 is 9.84 Å². The van der Waals surface area contributed by atoms with Gasteiger partial charge in [0.2, 0.25) is 0 Å². The summed E-state index contributed by atoms with van der Waals surface area (Å²) in [6.45, 7) is 2.24. The number of rotatable bonds is 10. The van der Waals surface area contributed by atoms with Crippen molar-refractivity contribution in [2.24, 2.45) is 0 Å². The Hall–Kier alpha value is -1.02. The van der Waals surface area contributed by atoms with Crippen LogP contribution in [-0.2, 0) is 0 Å². The standard InChI is InChI=1S/C17H28O2/c1-3-4-5-6-7-8-9-10-17(18)15-11-13-16(19-2)14-12-15/h11-14,17-18H,3-10H2,1-2H3. The highest BCUT2D eigenvalue weighted by atomic mass is 16.5. The van der Waals surface area contributed by atoms with E-state index in [0.29, 0.717) is 0 Å². The van der Waals surface area contributed by atoms with E-state index in [9.17, 15) is 5.11 Å². The first-order valence-electron chi connectivity index (χ1n) is 7.60. The Balaban J connectivity index is 2.14. The predicted molar refractivity (Wildman–Crippen MR) is 80.6 cm³/mol. The van der Waals surface area contributed by atoms with Crippen LogP contribution in [0.3, 0.4) is 0 Å². The van der Waals surface area contributed by atoms with Gasteiger partial charge in [-0.1, -0.05) is 64.0 Å². The van der Waals surface area contributed by atoms with Crippen LogP contribution < -0.4 is 4.74 Å². The third-order valence-electron chi connectivity index (χ3n) is 3.58. The molecule has 0 fully saturated rings. The second-order valence-corrected chi connectivity index (χ2v) is 5.20. The van der Waals surface area contributed by atoms with Gasteiger partial charge in [-0.05, 0) is 24.1 Å². The normalized spacial score (nSPS) is 12.4. The van der Waals surface area contributed by atoms with Crippen LogP contribution in [0.25, 0.3) is 0 Å². The molecule has 0 aliphatic heterocycles. The average molecular weight is 264 g/mol. The fourth-order valence-corrected chi connectivity index (χ4v) is 2.29. The minimum atomic E-state index is -0.332. The first-order chi connectivity index (χ1) is 9.27. The molecule has 108 valence electrons. The number of aliphatic hydroxyl groups is 1. The zero-order valence-corrected chi connectivity index (χ0v) is 12.4. The maximum Gasteiger partial charge on any atom is 0.118 e. The van der Waals surface area contributed by atoms with Gasteiger partial charge in [0.25, 0.3) is 0 Å². The van der Waals surface area contributed by atoms with Crippen molar-refractivity contribution in [3.05, 3.63) is 29.8 Å². The molecule has 1 aromatic rings. The molecular formula is C17H28O2. The van der Waals surface area contributed by atoms with Gasteiger partial charge in [-0.25, -0.2) is 0 Å². The predicted octanol–water partition coefficient (Wildman–Crippen LogP) is 4.87. The molecule has 2 nitrogen and oxygen atoms in total. The Labute approximate surface area is 117 Å². The van der Waals surface area contributed by atoms with E-state index in [2.05, 4.69) is 6.92 Å². The van der Waals surface area contributed by atoms with Crippen molar-refractivity contribution in [1.29, 1.82) is 0 Å². The number of hydrogen-bond acceptors (Lipinski definition) is 2. The van der Waals surface area contributed by atoms with Gasteiger partial charge in [0.1, 0.15) is 5.75 Å². The molecule has 0 bridgehead atoms. The average Bonchev–Trinajstić information content (AvgIpc) is 2.46. The zero-order valence-electron chi connectivity index (χ0n) is 12.4. The monoisotopic (exact) mass is 264 g/mol. The summed E-state index contributed by atoms with van der Waals surface area (Å²) in [6.07, 6.45) is 9.53. The first kappa shape index (κ1) is 16.0. The first-order valence-corrected chi connectivity index (χ1v) is 7.60. The molecular weight excluding hydrogens is 236 g/mol. The summed E-state index contributed by atoms with van der Waals surface area (Å²) in [5, 5.41) is 10.1. The molecule has 1 rings (SSSR count). The van der Waals surface area contributed by atoms with E-state index < -0.39 is 0 Å². The highest BCUT2D eigenvalue weighted by Gasteiger charge is 2.06. The van der Waals surface area contributed by atoms with Crippen LogP contribution in [0.4, 0.5) is 0 Å². The van der Waals surface area contributed by atoms with E-state index in [0.717, 1.165) is 24.2 Å². The third kappa shape index (κ3) is 6.63. The van der Waals surface area contributed by atoms with Gasteiger partial charge in [0, 0.05) is 0 Å². The van der Waals surface area contributed by atoms with Crippen molar-refractivity contribution >= 4 is 0 Å². The van der Waals surface area contributed by atoms with Gasteiger partial charge in [-0.15, -0.1) is 0 Å². The third-order valence-corrected chi connectivity index (χ3v) is 3.58. The number of methoxy groups -OCH3 is 1. The fourth-order valence-electron chi connectivity index (χ4n) is 2.29. The van der Waals surface area contributed by atoms with E-state index in [4.69, 9.17) is 4.74 Å². The molecule has 0 radical (unpaired) electrons. The minimum absolute atomic E-state index is 0.332. The number of hydrogen-bond donors (Lipinski definition) is 1. The van der Waals surface area contributed by atoms with E-state index in [1.165, 1.54) is 38.5 Å². The molecule has 0 spiro atoms. The van der Waals surface area contributed by atoms with Crippen molar-refractivity contribution in [1.82, 2.24) is 0 Å². The zero-order chi connectivity index (χ0) is 13.9. The van der Waals surface area contributed by atoms with E-state index in [-0.39, 0.29) is 6.10 Å². The van der Waals surface area contributed by atoms with Crippen molar-refractivity contribution in [2.75, 3.05) is 7.11 Å². The Morgan fingerprint density at radius 3 is 2.11 bits per heavy atom. The molecule has 1 unspecified atom stereocenters. The van der Waals surface area contributed by atoms with Crippen molar-refractivity contribution in [3.8, 4) is 5.75 Å². The van der Waals surface area contributed by atoms with Crippen LogP contribution in [0.2, 0.25) is 0 Å². The number of aliphatic hydroxyl groups excluding tert-OH is 1. The van der Waals surface area contributed by atoms with Crippen molar-refractivity contribution in [3.63, 3.8) is 0 Å². The second-order valence-electron chi connectivity index (χ2n) is 5.20. The number of ether oxygens (including phenoxy) is 1. The lowest BCUT2D eigenvalue weighted by atomic mass is 10.0. The minimum Gasteiger partial charge on any atom is -0.497 e. The van der Waals surface area contributed by atoms with Gasteiger partial charge < -0.3 is 9.84 Å². The molecule has 0 aromatic heterocycles. The van der Waals surface area contributed by atoms with E-state index in [1.54, 1.807) is 7.11 Å². The molecule has 0 amide bonds. The van der Waals surface area contributed by atoms with Crippen LogP contribution in [-0.4, -0.2) is 12.2 Å². The quantitative estimate of drug-likeness (QED) is 0.611. The van der Waals surface area contributed by atoms with Gasteiger partial charge in [-0.2, -0.15) is 0 Å². The largest absolute Gasteiger partial charge is 0.497 e. The van der Waals surface area contributed by atoms with Crippen LogP contribution in [0, 0.1) is 0 Å². The van der Waals surface area contributed by atoms with Gasteiger partial charge >= 0.3 is 0 Å². The lowest BCUT2D eigenvalue weighted by Crippen LogP contribution is -1.97. The molecule has 0 aliphatic carbocycles. The van der Waals surface area contributed by atoms with Crippen LogP contribution in [0.5, 0.6) is 5.75 Å². The van der Waals surface area contributed by atoms with Gasteiger partial charge in [0.15, 0.2) is 0 Å². The second kappa shape index (κ2) is 9.85. The summed E-state index contributed by atoms with van der Waals surface area (Å²) >= 11 is 0. The lowest BCUT2D eigenvalue weighted by Gasteiger charge is -2.11. The molecule has 19 heavy (non-hydrogen) atoms. The van der Waals surface area contributed by atoms with Gasteiger partial charge in [-0.3, -0.25) is 0 Å².